The highest BCUT2D eigenvalue weighted by Crippen LogP contribution is 2.35. The number of halogens is 2. The quantitative estimate of drug-likeness (QED) is 0.378. The van der Waals surface area contributed by atoms with Crippen molar-refractivity contribution in [3.05, 3.63) is 86.3 Å². The Morgan fingerprint density at radius 1 is 0.897 bits per heavy atom. The van der Waals surface area contributed by atoms with Crippen molar-refractivity contribution in [1.29, 1.82) is 0 Å². The van der Waals surface area contributed by atoms with Gasteiger partial charge in [-0.25, -0.2) is 0 Å². The molecule has 3 aromatic carbocycles. The Hall–Kier alpha value is -2.31. The number of hydrogen-bond donors (Lipinski definition) is 2. The predicted octanol–water partition coefficient (Wildman–Crippen LogP) is 6.46. The van der Waals surface area contributed by atoms with Gasteiger partial charge in [0.1, 0.15) is 5.75 Å². The van der Waals surface area contributed by atoms with Crippen LogP contribution in [0.3, 0.4) is 0 Å². The van der Waals surface area contributed by atoms with E-state index < -0.39 is 0 Å². The van der Waals surface area contributed by atoms with E-state index >= 15 is 0 Å². The maximum atomic E-state index is 12.2. The fraction of sp³-hybridized carbons (Fsp3) is 0.174. The van der Waals surface area contributed by atoms with E-state index in [4.69, 9.17) is 4.74 Å². The summed E-state index contributed by atoms with van der Waals surface area (Å²) in [5, 5.41) is 6.25. The summed E-state index contributed by atoms with van der Waals surface area (Å²) in [5.74, 6) is 0.392. The lowest BCUT2D eigenvalue weighted by Crippen LogP contribution is -2.20. The number of aryl methyl sites for hydroxylation is 2. The molecule has 0 aliphatic carbocycles. The van der Waals surface area contributed by atoms with Crippen LogP contribution in [-0.2, 0) is 11.3 Å². The van der Waals surface area contributed by atoms with E-state index in [1.165, 1.54) is 5.56 Å². The molecule has 150 valence electrons. The molecular weight excluding hydrogens is 496 g/mol. The van der Waals surface area contributed by atoms with Gasteiger partial charge < -0.3 is 15.4 Å². The first-order valence-electron chi connectivity index (χ1n) is 9.18. The number of rotatable bonds is 7. The average Bonchev–Trinajstić information content (AvgIpc) is 2.66. The molecule has 0 radical (unpaired) electrons. The highest BCUT2D eigenvalue weighted by Gasteiger charge is 2.12. The Kier molecular flexibility index (Phi) is 7.34. The zero-order valence-electron chi connectivity index (χ0n) is 16.3. The third-order valence-electron chi connectivity index (χ3n) is 4.22. The maximum absolute atomic E-state index is 12.2. The molecule has 0 unspecified atom stereocenters. The molecule has 2 N–H and O–H groups in total. The van der Waals surface area contributed by atoms with Crippen LogP contribution in [-0.4, -0.2) is 12.5 Å². The second-order valence-corrected chi connectivity index (χ2v) is 8.53. The van der Waals surface area contributed by atoms with Crippen LogP contribution in [0.25, 0.3) is 0 Å². The first kappa shape index (κ1) is 21.4. The van der Waals surface area contributed by atoms with Crippen molar-refractivity contribution < 1.29 is 9.53 Å². The van der Waals surface area contributed by atoms with Crippen molar-refractivity contribution >= 4 is 49.1 Å². The number of carbonyl (C=O) groups is 1. The van der Waals surface area contributed by atoms with E-state index in [-0.39, 0.29) is 12.5 Å². The summed E-state index contributed by atoms with van der Waals surface area (Å²) in [7, 11) is 0. The second-order valence-electron chi connectivity index (χ2n) is 6.82. The molecule has 3 rings (SSSR count). The molecule has 0 bridgehead atoms. The highest BCUT2D eigenvalue weighted by molar-refractivity contribution is 9.11. The molecule has 0 saturated heterocycles. The monoisotopic (exact) mass is 516 g/mol. The molecular formula is C23H22Br2N2O2. The van der Waals surface area contributed by atoms with Crippen molar-refractivity contribution in [3.8, 4) is 5.75 Å². The smallest absolute Gasteiger partial charge is 0.262 e. The number of carbonyl (C=O) groups excluding carboxylic acids is 1. The van der Waals surface area contributed by atoms with Crippen LogP contribution in [0.15, 0.2) is 69.6 Å². The van der Waals surface area contributed by atoms with Crippen LogP contribution >= 0.6 is 31.9 Å². The number of benzene rings is 3. The highest BCUT2D eigenvalue weighted by atomic mass is 79.9. The molecule has 29 heavy (non-hydrogen) atoms. The molecule has 0 aliphatic rings. The minimum atomic E-state index is -0.209. The number of ether oxygens (including phenoxy) is 1. The number of nitrogens with one attached hydrogen (secondary N) is 2. The van der Waals surface area contributed by atoms with E-state index in [0.29, 0.717) is 12.3 Å². The minimum Gasteiger partial charge on any atom is -0.481 e. The molecule has 0 spiro atoms. The molecule has 3 aromatic rings. The van der Waals surface area contributed by atoms with Gasteiger partial charge in [-0.2, -0.15) is 0 Å². The normalized spacial score (nSPS) is 10.5. The summed E-state index contributed by atoms with van der Waals surface area (Å²) in [6.07, 6.45) is 0. The third-order valence-corrected chi connectivity index (χ3v) is 5.40. The maximum Gasteiger partial charge on any atom is 0.262 e. The van der Waals surface area contributed by atoms with Crippen molar-refractivity contribution in [2.45, 2.75) is 20.4 Å². The Labute approximate surface area is 187 Å². The summed E-state index contributed by atoms with van der Waals surface area (Å²) >= 11 is 7.10. The summed E-state index contributed by atoms with van der Waals surface area (Å²) in [6.45, 7) is 4.65. The second kappa shape index (κ2) is 9.94. The van der Waals surface area contributed by atoms with Crippen LogP contribution in [0.1, 0.15) is 16.7 Å². The van der Waals surface area contributed by atoms with Crippen LogP contribution < -0.4 is 15.4 Å². The molecule has 0 atom stereocenters. The Bertz CT molecular complexity index is 998. The van der Waals surface area contributed by atoms with Gasteiger partial charge in [0.15, 0.2) is 6.61 Å². The Balaban J connectivity index is 1.59. The van der Waals surface area contributed by atoms with Gasteiger partial charge in [0, 0.05) is 17.9 Å². The van der Waals surface area contributed by atoms with Gasteiger partial charge in [0.2, 0.25) is 0 Å². The molecule has 0 fully saturated rings. The molecule has 0 heterocycles. The fourth-order valence-corrected chi connectivity index (χ4v) is 4.38. The number of amides is 1. The topological polar surface area (TPSA) is 50.4 Å². The van der Waals surface area contributed by atoms with Gasteiger partial charge in [0.25, 0.3) is 5.91 Å². The van der Waals surface area contributed by atoms with E-state index in [0.717, 1.165) is 31.4 Å². The summed E-state index contributed by atoms with van der Waals surface area (Å²) in [4.78, 5) is 12.2. The number of hydrogen-bond acceptors (Lipinski definition) is 3. The van der Waals surface area contributed by atoms with Crippen molar-refractivity contribution in [2.24, 2.45) is 0 Å². The molecule has 6 heteroatoms. The average molecular weight is 518 g/mol. The zero-order valence-corrected chi connectivity index (χ0v) is 19.4. The molecule has 1 amide bonds. The summed E-state index contributed by atoms with van der Waals surface area (Å²) < 4.78 is 7.32. The molecule has 0 aliphatic heterocycles. The zero-order chi connectivity index (χ0) is 20.8. The molecule has 4 nitrogen and oxygen atoms in total. The van der Waals surface area contributed by atoms with Gasteiger partial charge in [-0.1, -0.05) is 24.3 Å². The van der Waals surface area contributed by atoms with Crippen LogP contribution in [0.2, 0.25) is 0 Å². The third kappa shape index (κ3) is 6.34. The molecule has 0 saturated carbocycles. The largest absolute Gasteiger partial charge is 0.481 e. The predicted molar refractivity (Wildman–Crippen MR) is 126 cm³/mol. The SMILES string of the molecule is Cc1cccc(NCc2cc(Br)c(OCC(=O)Nc3cccc(C)c3)c(Br)c2)c1. The van der Waals surface area contributed by atoms with Crippen molar-refractivity contribution in [3.63, 3.8) is 0 Å². The lowest BCUT2D eigenvalue weighted by Gasteiger charge is -2.13. The summed E-state index contributed by atoms with van der Waals surface area (Å²) in [5.41, 5.74) is 5.22. The minimum absolute atomic E-state index is 0.0774. The van der Waals surface area contributed by atoms with E-state index in [2.05, 4.69) is 61.5 Å². The van der Waals surface area contributed by atoms with Gasteiger partial charge >= 0.3 is 0 Å². The van der Waals surface area contributed by atoms with Crippen LogP contribution in [0.4, 0.5) is 11.4 Å². The van der Waals surface area contributed by atoms with E-state index in [1.807, 2.05) is 55.5 Å². The Morgan fingerprint density at radius 3 is 2.10 bits per heavy atom. The first-order chi connectivity index (χ1) is 13.9. The van der Waals surface area contributed by atoms with Gasteiger partial charge in [0.05, 0.1) is 8.95 Å². The standard InChI is InChI=1S/C23H22Br2N2O2/c1-15-5-3-7-18(9-15)26-13-17-11-20(24)23(21(25)12-17)29-14-22(28)27-19-8-4-6-16(2)10-19/h3-12,26H,13-14H2,1-2H3,(H,27,28). The van der Waals surface area contributed by atoms with Crippen molar-refractivity contribution in [1.82, 2.24) is 0 Å². The van der Waals surface area contributed by atoms with E-state index in [9.17, 15) is 4.79 Å². The lowest BCUT2D eigenvalue weighted by molar-refractivity contribution is -0.118. The van der Waals surface area contributed by atoms with Gasteiger partial charge in [-0.3, -0.25) is 4.79 Å². The van der Waals surface area contributed by atoms with Crippen molar-refractivity contribution in [2.75, 3.05) is 17.2 Å². The van der Waals surface area contributed by atoms with Crippen LogP contribution in [0, 0.1) is 13.8 Å². The van der Waals surface area contributed by atoms with E-state index in [1.54, 1.807) is 0 Å². The number of anilines is 2. The summed E-state index contributed by atoms with van der Waals surface area (Å²) in [6, 6.07) is 19.9. The van der Waals surface area contributed by atoms with Crippen LogP contribution in [0.5, 0.6) is 5.75 Å². The fourth-order valence-electron chi connectivity index (χ4n) is 2.87. The lowest BCUT2D eigenvalue weighted by atomic mass is 10.2. The van der Waals surface area contributed by atoms with Gasteiger partial charge in [-0.05, 0) is 98.8 Å². The Morgan fingerprint density at radius 2 is 1.48 bits per heavy atom. The first-order valence-corrected chi connectivity index (χ1v) is 10.8. The molecule has 0 aromatic heterocycles. The van der Waals surface area contributed by atoms with Gasteiger partial charge in [-0.15, -0.1) is 0 Å².